The van der Waals surface area contributed by atoms with E-state index in [9.17, 15) is 32.7 Å². The highest BCUT2D eigenvalue weighted by molar-refractivity contribution is 8.00. The molecule has 4 heterocycles. The van der Waals surface area contributed by atoms with Crippen LogP contribution in [-0.4, -0.2) is 80.3 Å². The lowest BCUT2D eigenvalue weighted by Crippen LogP contribution is -2.69. The summed E-state index contributed by atoms with van der Waals surface area (Å²) in [5.74, 6) is -4.43. The predicted molar refractivity (Wildman–Crippen MR) is 119 cm³/mol. The van der Waals surface area contributed by atoms with Crippen LogP contribution < -0.4 is 15.4 Å². The fourth-order valence-corrected chi connectivity index (χ4v) is 5.13. The van der Waals surface area contributed by atoms with E-state index in [1.54, 1.807) is 11.0 Å². The minimum atomic E-state index is -5.08. The first kappa shape index (κ1) is 28.1. The number of alkyl halides is 3. The summed E-state index contributed by atoms with van der Waals surface area (Å²) in [5.41, 5.74) is 7.46. The van der Waals surface area contributed by atoms with E-state index in [1.165, 1.54) is 16.7 Å². The Labute approximate surface area is 212 Å². The molecule has 37 heavy (non-hydrogen) atoms. The lowest BCUT2D eigenvalue weighted by atomic mass is 10.0. The number of nitrogens with two attached hydrogens (primary N) is 1. The SMILES string of the molecule is N[C@@H]1C(=O)N2C(C(=O)[O-])=C(C=C3CCN(Cc4cc[n+](CCO)cc4)C3=O)CS[C@H]12.O=C(O)C(F)(F)F. The number of β-lactam (4-membered cyclic amide) rings is 1. The van der Waals surface area contributed by atoms with E-state index in [4.69, 9.17) is 20.7 Å². The summed E-state index contributed by atoms with van der Waals surface area (Å²) in [6.07, 6.45) is 0.712. The van der Waals surface area contributed by atoms with Crippen LogP contribution in [0.1, 0.15) is 12.0 Å². The van der Waals surface area contributed by atoms with Crippen molar-refractivity contribution in [3.05, 3.63) is 53.0 Å². The minimum absolute atomic E-state index is 0.0560. The highest BCUT2D eigenvalue weighted by Gasteiger charge is 2.50. The number of rotatable bonds is 6. The molecule has 3 aliphatic heterocycles. The van der Waals surface area contributed by atoms with E-state index in [-0.39, 0.29) is 18.2 Å². The molecule has 4 rings (SSSR count). The van der Waals surface area contributed by atoms with Gasteiger partial charge in [-0.2, -0.15) is 13.2 Å². The molecule has 3 aliphatic rings. The molecule has 0 aromatic carbocycles. The molecule has 15 heteroatoms. The average molecular weight is 545 g/mol. The molecule has 2 saturated heterocycles. The molecule has 1 aromatic rings. The number of aliphatic hydroxyl groups excluding tert-OH is 1. The number of carbonyl (C=O) groups excluding carboxylic acids is 3. The Kier molecular flexibility index (Phi) is 8.60. The summed E-state index contributed by atoms with van der Waals surface area (Å²) < 4.78 is 33.6. The maximum atomic E-state index is 12.8. The summed E-state index contributed by atoms with van der Waals surface area (Å²) in [4.78, 5) is 48.3. The lowest BCUT2D eigenvalue weighted by molar-refractivity contribution is -0.698. The molecule has 0 radical (unpaired) electrons. The first-order valence-corrected chi connectivity index (χ1v) is 11.9. The van der Waals surface area contributed by atoms with E-state index in [0.29, 0.717) is 43.0 Å². The molecule has 11 nitrogen and oxygen atoms in total. The van der Waals surface area contributed by atoms with Crippen LogP contribution in [0, 0.1) is 0 Å². The Hall–Kier alpha value is -3.43. The molecule has 0 aliphatic carbocycles. The molecule has 0 bridgehead atoms. The smallest absolute Gasteiger partial charge is 0.490 e. The number of allylic oxidation sites excluding steroid dienone is 1. The maximum absolute atomic E-state index is 12.8. The number of hydrogen-bond donors (Lipinski definition) is 3. The quantitative estimate of drug-likeness (QED) is 0.219. The number of likely N-dealkylation sites (tertiary alicyclic amines) is 1. The van der Waals surface area contributed by atoms with Gasteiger partial charge in [-0.15, -0.1) is 11.8 Å². The van der Waals surface area contributed by atoms with Crippen LogP contribution in [0.15, 0.2) is 47.4 Å². The number of aromatic nitrogens is 1. The van der Waals surface area contributed by atoms with E-state index >= 15 is 0 Å². The second kappa shape index (κ2) is 11.3. The number of aliphatic carboxylic acids is 2. The number of carbonyl (C=O) groups is 4. The van der Waals surface area contributed by atoms with Crippen molar-refractivity contribution < 1.29 is 52.2 Å². The van der Waals surface area contributed by atoms with Gasteiger partial charge in [-0.1, -0.05) is 0 Å². The molecular formula is C22H23F3N4O7S. The zero-order chi connectivity index (χ0) is 27.5. The molecule has 0 unspecified atom stereocenters. The van der Waals surface area contributed by atoms with Gasteiger partial charge in [-0.3, -0.25) is 14.5 Å². The van der Waals surface area contributed by atoms with Gasteiger partial charge in [0.15, 0.2) is 18.9 Å². The van der Waals surface area contributed by atoms with Gasteiger partial charge >= 0.3 is 12.1 Å². The van der Waals surface area contributed by atoms with Crippen LogP contribution in [0.4, 0.5) is 13.2 Å². The maximum Gasteiger partial charge on any atom is 0.490 e. The number of aliphatic hydroxyl groups is 1. The summed E-state index contributed by atoms with van der Waals surface area (Å²) in [5, 5.41) is 27.4. The second-order valence-electron chi connectivity index (χ2n) is 8.21. The molecule has 200 valence electrons. The van der Waals surface area contributed by atoms with Gasteiger partial charge in [-0.25, -0.2) is 9.36 Å². The number of carboxylic acid groups (broad SMARTS) is 2. The van der Waals surface area contributed by atoms with Crippen LogP contribution >= 0.6 is 11.8 Å². The van der Waals surface area contributed by atoms with E-state index < -0.39 is 35.4 Å². The topological polar surface area (TPSA) is 168 Å². The van der Waals surface area contributed by atoms with Crippen LogP contribution in [0.25, 0.3) is 0 Å². The molecule has 4 N–H and O–H groups in total. The van der Waals surface area contributed by atoms with Crippen molar-refractivity contribution in [3.8, 4) is 0 Å². The Bertz CT molecular complexity index is 1150. The van der Waals surface area contributed by atoms with Crippen LogP contribution in [-0.2, 0) is 32.3 Å². The third kappa shape index (κ3) is 6.29. The second-order valence-corrected chi connectivity index (χ2v) is 9.32. The monoisotopic (exact) mass is 544 g/mol. The Morgan fingerprint density at radius 2 is 1.89 bits per heavy atom. The average Bonchev–Trinajstić information content (AvgIpc) is 3.18. The number of pyridine rings is 1. The van der Waals surface area contributed by atoms with Gasteiger partial charge in [0.2, 0.25) is 11.8 Å². The summed E-state index contributed by atoms with van der Waals surface area (Å²) >= 11 is 1.39. The van der Waals surface area contributed by atoms with Crippen LogP contribution in [0.3, 0.4) is 0 Å². The van der Waals surface area contributed by atoms with Crippen molar-refractivity contribution >= 4 is 35.5 Å². The fraction of sp³-hybridized carbons (Fsp3) is 0.409. The molecule has 0 saturated carbocycles. The molecule has 2 atom stereocenters. The van der Waals surface area contributed by atoms with Crippen molar-refractivity contribution in [1.82, 2.24) is 9.80 Å². The largest absolute Gasteiger partial charge is 0.543 e. The van der Waals surface area contributed by atoms with E-state index in [1.807, 2.05) is 29.1 Å². The number of hydrogen-bond acceptors (Lipinski definition) is 8. The zero-order valence-electron chi connectivity index (χ0n) is 19.2. The van der Waals surface area contributed by atoms with Gasteiger partial charge < -0.3 is 30.7 Å². The third-order valence-electron chi connectivity index (χ3n) is 5.73. The normalized spacial score (nSPS) is 22.5. The van der Waals surface area contributed by atoms with Gasteiger partial charge in [0.05, 0.1) is 11.7 Å². The lowest BCUT2D eigenvalue weighted by Gasteiger charge is -2.49. The van der Waals surface area contributed by atoms with Crippen molar-refractivity contribution in [2.24, 2.45) is 5.73 Å². The molecule has 0 spiro atoms. The number of nitrogens with zero attached hydrogens (tertiary/aromatic N) is 3. The summed E-state index contributed by atoms with van der Waals surface area (Å²) in [6, 6.07) is 3.10. The molecule has 1 aromatic heterocycles. The minimum Gasteiger partial charge on any atom is -0.543 e. The van der Waals surface area contributed by atoms with E-state index in [0.717, 1.165) is 5.56 Å². The van der Waals surface area contributed by atoms with Crippen molar-refractivity contribution in [2.75, 3.05) is 18.9 Å². The van der Waals surface area contributed by atoms with Crippen LogP contribution in [0.2, 0.25) is 0 Å². The number of fused-ring (bicyclic) bond motifs is 1. The van der Waals surface area contributed by atoms with Crippen molar-refractivity contribution in [2.45, 2.75) is 37.1 Å². The third-order valence-corrected chi connectivity index (χ3v) is 7.05. The predicted octanol–water partition coefficient (Wildman–Crippen LogP) is -1.50. The van der Waals surface area contributed by atoms with E-state index in [2.05, 4.69) is 0 Å². The van der Waals surface area contributed by atoms with Crippen molar-refractivity contribution in [1.29, 1.82) is 0 Å². The summed E-state index contributed by atoms with van der Waals surface area (Å²) in [7, 11) is 0. The highest BCUT2D eigenvalue weighted by atomic mass is 32.2. The highest BCUT2D eigenvalue weighted by Crippen LogP contribution is 2.40. The van der Waals surface area contributed by atoms with Gasteiger partial charge in [0.1, 0.15) is 18.0 Å². The Morgan fingerprint density at radius 1 is 1.27 bits per heavy atom. The Balaban J connectivity index is 0.000000479. The first-order valence-electron chi connectivity index (χ1n) is 10.9. The number of carboxylic acids is 2. The molecule has 2 fully saturated rings. The fourth-order valence-electron chi connectivity index (χ4n) is 3.88. The van der Waals surface area contributed by atoms with Crippen molar-refractivity contribution in [3.63, 3.8) is 0 Å². The number of thioether (sulfide) groups is 1. The first-order chi connectivity index (χ1) is 17.3. The van der Waals surface area contributed by atoms with Crippen LogP contribution in [0.5, 0.6) is 0 Å². The standard InChI is InChI=1S/C20H22N4O5S.C2HF3O2/c21-15-18(27)24-16(20(28)29)14(11-30-19(15)24)9-13-3-6-23(17(13)26)10-12-1-4-22(5-2-12)7-8-25;3-2(4,5)1(6)7/h1-2,4-5,9,15,19,25H,3,6-8,10-11,21H2;(H,6,7)/t15-,19-;/m1./s1. The number of halogens is 3. The van der Waals surface area contributed by atoms with Gasteiger partial charge in [0, 0.05) is 36.5 Å². The molecular weight excluding hydrogens is 521 g/mol. The zero-order valence-corrected chi connectivity index (χ0v) is 20.0. The number of amides is 2. The Morgan fingerprint density at radius 3 is 2.43 bits per heavy atom. The van der Waals surface area contributed by atoms with Gasteiger partial charge in [0.25, 0.3) is 0 Å². The molecule has 2 amide bonds. The van der Waals surface area contributed by atoms with Gasteiger partial charge in [-0.05, 0) is 23.6 Å². The summed E-state index contributed by atoms with van der Waals surface area (Å²) in [6.45, 7) is 1.54.